The van der Waals surface area contributed by atoms with Crippen LogP contribution in [-0.2, 0) is 15.4 Å². The van der Waals surface area contributed by atoms with Crippen molar-refractivity contribution in [2.24, 2.45) is 0 Å². The number of carbonyl (C=O) groups is 2. The SMILES string of the molecule is Cc1ccc(N2C(=O)c3c(Cl)ccc(NS(=O)(=O)c4ccc(C(C)(C)C)cc4)c3C2=O)nn1. The predicted octanol–water partition coefficient (Wildman–Crippen LogP) is 4.34. The van der Waals surface area contributed by atoms with Gasteiger partial charge in [0.2, 0.25) is 0 Å². The largest absolute Gasteiger partial charge is 0.279 e. The van der Waals surface area contributed by atoms with Crippen LogP contribution in [0.25, 0.3) is 0 Å². The summed E-state index contributed by atoms with van der Waals surface area (Å²) in [4.78, 5) is 27.1. The first-order valence-corrected chi connectivity index (χ1v) is 11.9. The van der Waals surface area contributed by atoms with Crippen molar-refractivity contribution in [3.8, 4) is 0 Å². The lowest BCUT2D eigenvalue weighted by Gasteiger charge is -2.19. The van der Waals surface area contributed by atoms with E-state index in [1.165, 1.54) is 30.3 Å². The third kappa shape index (κ3) is 4.09. The topological polar surface area (TPSA) is 109 Å². The number of fused-ring (bicyclic) bond motifs is 1. The van der Waals surface area contributed by atoms with Crippen molar-refractivity contribution >= 4 is 44.9 Å². The van der Waals surface area contributed by atoms with Gasteiger partial charge in [-0.25, -0.2) is 13.3 Å². The van der Waals surface area contributed by atoms with Crippen molar-refractivity contribution in [1.29, 1.82) is 0 Å². The number of benzene rings is 2. The number of aryl methyl sites for hydroxylation is 1. The van der Waals surface area contributed by atoms with Gasteiger partial charge >= 0.3 is 0 Å². The number of anilines is 2. The van der Waals surface area contributed by atoms with Gasteiger partial charge in [0.15, 0.2) is 5.82 Å². The third-order valence-electron chi connectivity index (χ3n) is 5.28. The molecule has 1 N–H and O–H groups in total. The highest BCUT2D eigenvalue weighted by atomic mass is 35.5. The lowest BCUT2D eigenvalue weighted by atomic mass is 9.87. The number of carbonyl (C=O) groups excluding carboxylic acids is 2. The Hall–Kier alpha value is -3.30. The molecule has 0 fully saturated rings. The van der Waals surface area contributed by atoms with Gasteiger partial charge in [-0.05, 0) is 54.3 Å². The van der Waals surface area contributed by atoms with Crippen molar-refractivity contribution in [3.63, 3.8) is 0 Å². The Morgan fingerprint density at radius 1 is 0.879 bits per heavy atom. The summed E-state index contributed by atoms with van der Waals surface area (Å²) in [5.41, 5.74) is 1.18. The van der Waals surface area contributed by atoms with E-state index in [-0.39, 0.29) is 38.0 Å². The molecule has 2 amide bonds. The summed E-state index contributed by atoms with van der Waals surface area (Å²) in [7, 11) is -4.04. The second-order valence-electron chi connectivity index (χ2n) is 8.70. The van der Waals surface area contributed by atoms with E-state index in [0.29, 0.717) is 5.69 Å². The number of aromatic nitrogens is 2. The fourth-order valence-electron chi connectivity index (χ4n) is 3.47. The van der Waals surface area contributed by atoms with Crippen LogP contribution in [0.3, 0.4) is 0 Å². The minimum Gasteiger partial charge on any atom is -0.279 e. The molecular formula is C23H21ClN4O4S. The number of hydrogen-bond donors (Lipinski definition) is 1. The van der Waals surface area contributed by atoms with Gasteiger partial charge in [0.1, 0.15) is 0 Å². The molecule has 4 rings (SSSR count). The van der Waals surface area contributed by atoms with E-state index >= 15 is 0 Å². The third-order valence-corrected chi connectivity index (χ3v) is 6.97. The molecular weight excluding hydrogens is 464 g/mol. The van der Waals surface area contributed by atoms with Gasteiger partial charge in [-0.1, -0.05) is 44.5 Å². The van der Waals surface area contributed by atoms with Crippen LogP contribution in [0.2, 0.25) is 5.02 Å². The number of amides is 2. The summed E-state index contributed by atoms with van der Waals surface area (Å²) in [6.45, 7) is 7.80. The minimum atomic E-state index is -4.04. The molecule has 0 aliphatic carbocycles. The summed E-state index contributed by atoms with van der Waals surface area (Å²) in [6, 6.07) is 12.3. The van der Waals surface area contributed by atoms with Crippen LogP contribution in [0.5, 0.6) is 0 Å². The average Bonchev–Trinajstić information content (AvgIpc) is 3.02. The van der Waals surface area contributed by atoms with Gasteiger partial charge in [0.25, 0.3) is 21.8 Å². The van der Waals surface area contributed by atoms with Crippen molar-refractivity contribution in [3.05, 3.63) is 75.9 Å². The van der Waals surface area contributed by atoms with E-state index in [1.54, 1.807) is 25.1 Å². The standard InChI is InChI=1S/C23H21ClN4O4S/c1-13-5-12-18(26-25-13)28-21(29)19-16(24)10-11-17(20(19)22(28)30)27-33(31,32)15-8-6-14(7-9-15)23(2,3)4/h5-12,27H,1-4H3. The number of nitrogens with one attached hydrogen (secondary N) is 1. The Labute approximate surface area is 196 Å². The second-order valence-corrected chi connectivity index (χ2v) is 10.8. The lowest BCUT2D eigenvalue weighted by Crippen LogP contribution is -2.30. The summed E-state index contributed by atoms with van der Waals surface area (Å²) in [6.07, 6.45) is 0. The Bertz CT molecular complexity index is 1380. The molecule has 2 aromatic carbocycles. The van der Waals surface area contributed by atoms with Crippen LogP contribution in [0.15, 0.2) is 53.4 Å². The Kier molecular flexibility index (Phi) is 5.50. The molecule has 170 valence electrons. The predicted molar refractivity (Wildman–Crippen MR) is 125 cm³/mol. The summed E-state index contributed by atoms with van der Waals surface area (Å²) in [5, 5.41) is 7.82. The molecule has 0 radical (unpaired) electrons. The Balaban J connectivity index is 1.73. The van der Waals surface area contributed by atoms with Gasteiger partial charge in [0, 0.05) is 0 Å². The fraction of sp³-hybridized carbons (Fsp3) is 0.217. The van der Waals surface area contributed by atoms with E-state index < -0.39 is 21.8 Å². The van der Waals surface area contributed by atoms with Gasteiger partial charge in [-0.15, -0.1) is 5.10 Å². The molecule has 10 heteroatoms. The van der Waals surface area contributed by atoms with Crippen molar-refractivity contribution in [1.82, 2.24) is 10.2 Å². The Morgan fingerprint density at radius 3 is 2.09 bits per heavy atom. The maximum Gasteiger partial charge on any atom is 0.269 e. The number of sulfonamides is 1. The minimum absolute atomic E-state index is 0.0226. The molecule has 3 aromatic rings. The molecule has 0 saturated carbocycles. The van der Waals surface area contributed by atoms with Crippen LogP contribution in [0.1, 0.15) is 52.7 Å². The summed E-state index contributed by atoms with van der Waals surface area (Å²) >= 11 is 6.22. The van der Waals surface area contributed by atoms with Crippen LogP contribution in [0, 0.1) is 6.92 Å². The van der Waals surface area contributed by atoms with E-state index in [1.807, 2.05) is 20.8 Å². The number of imide groups is 1. The zero-order valence-corrected chi connectivity index (χ0v) is 20.0. The quantitative estimate of drug-likeness (QED) is 0.552. The number of hydrogen-bond acceptors (Lipinski definition) is 6. The smallest absolute Gasteiger partial charge is 0.269 e. The van der Waals surface area contributed by atoms with Gasteiger partial charge < -0.3 is 0 Å². The van der Waals surface area contributed by atoms with E-state index in [2.05, 4.69) is 14.9 Å². The van der Waals surface area contributed by atoms with E-state index in [4.69, 9.17) is 11.6 Å². The molecule has 0 spiro atoms. The maximum atomic E-state index is 13.2. The zero-order chi connectivity index (χ0) is 24.1. The normalized spacial score (nSPS) is 13.9. The van der Waals surface area contributed by atoms with Crippen LogP contribution in [-0.4, -0.2) is 30.4 Å². The highest BCUT2D eigenvalue weighted by Gasteiger charge is 2.42. The molecule has 1 aromatic heterocycles. The van der Waals surface area contributed by atoms with Gasteiger partial charge in [-0.2, -0.15) is 5.10 Å². The monoisotopic (exact) mass is 484 g/mol. The molecule has 33 heavy (non-hydrogen) atoms. The molecule has 0 bridgehead atoms. The summed E-state index contributed by atoms with van der Waals surface area (Å²) in [5.74, 6) is -1.42. The van der Waals surface area contributed by atoms with Crippen LogP contribution < -0.4 is 9.62 Å². The fourth-order valence-corrected chi connectivity index (χ4v) is 4.78. The van der Waals surface area contributed by atoms with Crippen molar-refractivity contribution in [2.75, 3.05) is 9.62 Å². The van der Waals surface area contributed by atoms with E-state index in [9.17, 15) is 18.0 Å². The highest BCUT2D eigenvalue weighted by molar-refractivity contribution is 7.92. The number of halogens is 1. The first-order chi connectivity index (χ1) is 15.4. The summed E-state index contributed by atoms with van der Waals surface area (Å²) < 4.78 is 28.5. The average molecular weight is 485 g/mol. The molecule has 2 heterocycles. The van der Waals surface area contributed by atoms with Crippen molar-refractivity contribution in [2.45, 2.75) is 38.0 Å². The zero-order valence-electron chi connectivity index (χ0n) is 18.4. The van der Waals surface area contributed by atoms with Crippen molar-refractivity contribution < 1.29 is 18.0 Å². The first kappa shape index (κ1) is 22.9. The molecule has 0 unspecified atom stereocenters. The number of rotatable bonds is 4. The van der Waals surface area contributed by atoms with E-state index in [0.717, 1.165) is 10.5 Å². The number of nitrogens with zero attached hydrogens (tertiary/aromatic N) is 3. The van der Waals surface area contributed by atoms with Crippen LogP contribution in [0.4, 0.5) is 11.5 Å². The maximum absolute atomic E-state index is 13.2. The second kappa shape index (κ2) is 7.93. The molecule has 1 aliphatic heterocycles. The molecule has 0 saturated heterocycles. The lowest BCUT2D eigenvalue weighted by molar-refractivity contribution is 0.0925. The van der Waals surface area contributed by atoms with Gasteiger partial charge in [-0.3, -0.25) is 14.3 Å². The van der Waals surface area contributed by atoms with Gasteiger partial charge in [0.05, 0.1) is 32.4 Å². The molecule has 1 aliphatic rings. The van der Waals surface area contributed by atoms with Crippen LogP contribution >= 0.6 is 11.6 Å². The molecule has 0 atom stereocenters. The highest BCUT2D eigenvalue weighted by Crippen LogP contribution is 2.37. The first-order valence-electron chi connectivity index (χ1n) is 10.0. The Morgan fingerprint density at radius 2 is 1.52 bits per heavy atom. The molecule has 8 nitrogen and oxygen atoms in total.